The molecule has 1 aliphatic rings. The lowest BCUT2D eigenvalue weighted by atomic mass is 10.0. The van der Waals surface area contributed by atoms with Crippen molar-refractivity contribution in [1.29, 1.82) is 0 Å². The normalized spacial score (nSPS) is 15.3. The summed E-state index contributed by atoms with van der Waals surface area (Å²) in [6.45, 7) is 4.33. The van der Waals surface area contributed by atoms with Crippen LogP contribution < -0.4 is 10.1 Å². The molecule has 134 valence electrons. The maximum atomic E-state index is 12.2. The highest BCUT2D eigenvalue weighted by molar-refractivity contribution is 6.14. The van der Waals surface area contributed by atoms with Crippen molar-refractivity contribution in [3.05, 3.63) is 70.9 Å². The topological polar surface area (TPSA) is 50.7 Å². The third kappa shape index (κ3) is 4.20. The van der Waals surface area contributed by atoms with Crippen LogP contribution in [0.3, 0.4) is 0 Å². The third-order valence-corrected chi connectivity index (χ3v) is 4.48. The fourth-order valence-corrected chi connectivity index (χ4v) is 2.93. The number of carbonyl (C=O) groups excluding carboxylic acids is 1. The van der Waals surface area contributed by atoms with Gasteiger partial charge in [-0.25, -0.2) is 4.99 Å². The van der Waals surface area contributed by atoms with Crippen molar-refractivity contribution in [3.63, 3.8) is 0 Å². The Labute approximate surface area is 154 Å². The van der Waals surface area contributed by atoms with Crippen LogP contribution in [0, 0.1) is 0 Å². The van der Waals surface area contributed by atoms with Gasteiger partial charge < -0.3 is 10.1 Å². The molecule has 1 aliphatic heterocycles. The fraction of sp³-hybridized carbons (Fsp3) is 0.273. The fourth-order valence-electron chi connectivity index (χ4n) is 2.93. The Kier molecular flexibility index (Phi) is 5.52. The van der Waals surface area contributed by atoms with E-state index in [1.807, 2.05) is 42.5 Å². The van der Waals surface area contributed by atoms with Crippen LogP contribution in [0.25, 0.3) is 6.08 Å². The first-order valence-electron chi connectivity index (χ1n) is 8.89. The van der Waals surface area contributed by atoms with Crippen LogP contribution >= 0.6 is 0 Å². The summed E-state index contributed by atoms with van der Waals surface area (Å²) < 4.78 is 5.37. The Morgan fingerprint density at radius 2 is 1.81 bits per heavy atom. The lowest BCUT2D eigenvalue weighted by Gasteiger charge is -2.07. The average Bonchev–Trinajstić information content (AvgIpc) is 3.00. The number of nitrogens with one attached hydrogen (secondary N) is 1. The number of benzene rings is 2. The molecule has 2 aromatic carbocycles. The second-order valence-corrected chi connectivity index (χ2v) is 6.68. The molecule has 1 N–H and O–H groups in total. The van der Waals surface area contributed by atoms with E-state index in [4.69, 9.17) is 4.74 Å². The van der Waals surface area contributed by atoms with E-state index in [0.717, 1.165) is 23.3 Å². The summed E-state index contributed by atoms with van der Waals surface area (Å²) in [6.07, 6.45) is 3.25. The van der Waals surface area contributed by atoms with E-state index in [2.05, 4.69) is 36.3 Å². The maximum absolute atomic E-state index is 12.2. The quantitative estimate of drug-likeness (QED) is 0.791. The molecule has 3 rings (SSSR count). The van der Waals surface area contributed by atoms with Gasteiger partial charge in [-0.2, -0.15) is 0 Å². The van der Waals surface area contributed by atoms with Crippen molar-refractivity contribution in [1.82, 2.24) is 5.32 Å². The van der Waals surface area contributed by atoms with Crippen molar-refractivity contribution in [2.45, 2.75) is 32.6 Å². The standard InChI is InChI=1S/C22H24N2O2/c1-15(2)17-10-8-16(9-11-17)14-19-22(25)24-21(23-19)13-12-18-6-4-5-7-20(18)26-3/h4-11,14-15H,12-13H2,1-3H3,(H,23,24,25)/b19-14+. The number of methoxy groups -OCH3 is 1. The number of amidine groups is 1. The van der Waals surface area contributed by atoms with Gasteiger partial charge >= 0.3 is 0 Å². The highest BCUT2D eigenvalue weighted by Gasteiger charge is 2.20. The number of rotatable bonds is 6. The highest BCUT2D eigenvalue weighted by atomic mass is 16.5. The van der Waals surface area contributed by atoms with Crippen molar-refractivity contribution in [2.75, 3.05) is 7.11 Å². The van der Waals surface area contributed by atoms with Crippen LogP contribution in [0.2, 0.25) is 0 Å². The molecule has 2 aromatic rings. The van der Waals surface area contributed by atoms with Gasteiger partial charge in [0, 0.05) is 6.42 Å². The predicted molar refractivity (Wildman–Crippen MR) is 105 cm³/mol. The largest absolute Gasteiger partial charge is 0.496 e. The van der Waals surface area contributed by atoms with E-state index in [9.17, 15) is 4.79 Å². The summed E-state index contributed by atoms with van der Waals surface area (Å²) in [5.74, 6) is 1.91. The van der Waals surface area contributed by atoms with Gasteiger partial charge in [-0.05, 0) is 41.2 Å². The molecule has 4 heteroatoms. The van der Waals surface area contributed by atoms with Crippen molar-refractivity contribution in [3.8, 4) is 5.75 Å². The minimum Gasteiger partial charge on any atom is -0.496 e. The number of aliphatic imine (C=N–C) groups is 1. The van der Waals surface area contributed by atoms with E-state index in [0.29, 0.717) is 23.9 Å². The first-order chi connectivity index (χ1) is 12.6. The SMILES string of the molecule is COc1ccccc1CCC1=N/C(=C/c2ccc(C(C)C)cc2)C(=O)N1. The molecule has 0 saturated carbocycles. The number of aryl methyl sites for hydroxylation is 1. The Morgan fingerprint density at radius 1 is 1.08 bits per heavy atom. The Hall–Kier alpha value is -2.88. The number of para-hydroxylation sites is 1. The molecule has 0 saturated heterocycles. The molecule has 0 aliphatic carbocycles. The molecule has 0 radical (unpaired) electrons. The minimum atomic E-state index is -0.145. The van der Waals surface area contributed by atoms with Crippen LogP contribution in [0.1, 0.15) is 42.9 Å². The zero-order valence-corrected chi connectivity index (χ0v) is 15.5. The van der Waals surface area contributed by atoms with Crippen LogP contribution in [0.15, 0.2) is 59.2 Å². The highest BCUT2D eigenvalue weighted by Crippen LogP contribution is 2.21. The minimum absolute atomic E-state index is 0.145. The van der Waals surface area contributed by atoms with Gasteiger partial charge in [-0.15, -0.1) is 0 Å². The molecular formula is C22H24N2O2. The number of nitrogens with zero attached hydrogens (tertiary/aromatic N) is 1. The van der Waals surface area contributed by atoms with Crippen LogP contribution in [-0.4, -0.2) is 18.9 Å². The van der Waals surface area contributed by atoms with Gasteiger partial charge in [-0.1, -0.05) is 56.3 Å². The zero-order valence-electron chi connectivity index (χ0n) is 15.5. The molecule has 0 fully saturated rings. The summed E-state index contributed by atoms with van der Waals surface area (Å²) in [5, 5.41) is 2.86. The Morgan fingerprint density at radius 3 is 2.50 bits per heavy atom. The third-order valence-electron chi connectivity index (χ3n) is 4.48. The lowest BCUT2D eigenvalue weighted by molar-refractivity contribution is -0.115. The lowest BCUT2D eigenvalue weighted by Crippen LogP contribution is -2.24. The summed E-state index contributed by atoms with van der Waals surface area (Å²) >= 11 is 0. The van der Waals surface area contributed by atoms with Gasteiger partial charge in [-0.3, -0.25) is 4.79 Å². The summed E-state index contributed by atoms with van der Waals surface area (Å²) in [7, 11) is 1.67. The Bertz CT molecular complexity index is 849. The second-order valence-electron chi connectivity index (χ2n) is 6.68. The zero-order chi connectivity index (χ0) is 18.5. The molecule has 0 spiro atoms. The van der Waals surface area contributed by atoms with Crippen LogP contribution in [0.5, 0.6) is 5.75 Å². The number of hydrogen-bond donors (Lipinski definition) is 1. The number of ether oxygens (including phenoxy) is 1. The second kappa shape index (κ2) is 8.00. The summed E-state index contributed by atoms with van der Waals surface area (Å²) in [6, 6.07) is 16.1. The van der Waals surface area contributed by atoms with E-state index < -0.39 is 0 Å². The molecule has 1 heterocycles. The van der Waals surface area contributed by atoms with Crippen molar-refractivity contribution >= 4 is 17.8 Å². The first kappa shape index (κ1) is 17.9. The van der Waals surface area contributed by atoms with E-state index >= 15 is 0 Å². The molecule has 0 atom stereocenters. The number of carbonyl (C=O) groups is 1. The monoisotopic (exact) mass is 348 g/mol. The van der Waals surface area contributed by atoms with E-state index in [-0.39, 0.29) is 5.91 Å². The Balaban J connectivity index is 1.70. The van der Waals surface area contributed by atoms with Crippen LogP contribution in [-0.2, 0) is 11.2 Å². The molecule has 26 heavy (non-hydrogen) atoms. The summed E-state index contributed by atoms with van der Waals surface area (Å²) in [5.41, 5.74) is 3.82. The molecule has 0 aromatic heterocycles. The number of amides is 1. The van der Waals surface area contributed by atoms with Gasteiger partial charge in [0.25, 0.3) is 5.91 Å². The van der Waals surface area contributed by atoms with Crippen molar-refractivity contribution in [2.24, 2.45) is 4.99 Å². The molecule has 0 unspecified atom stereocenters. The molecule has 0 bridgehead atoms. The smallest absolute Gasteiger partial charge is 0.275 e. The van der Waals surface area contributed by atoms with Gasteiger partial charge in [0.1, 0.15) is 17.3 Å². The average molecular weight is 348 g/mol. The van der Waals surface area contributed by atoms with Crippen molar-refractivity contribution < 1.29 is 9.53 Å². The maximum Gasteiger partial charge on any atom is 0.275 e. The van der Waals surface area contributed by atoms with Gasteiger partial charge in [0.05, 0.1) is 7.11 Å². The number of hydrogen-bond acceptors (Lipinski definition) is 3. The predicted octanol–water partition coefficient (Wildman–Crippen LogP) is 4.32. The summed E-state index contributed by atoms with van der Waals surface area (Å²) in [4.78, 5) is 16.6. The van der Waals surface area contributed by atoms with Gasteiger partial charge in [0.2, 0.25) is 0 Å². The molecule has 1 amide bonds. The molecular weight excluding hydrogens is 324 g/mol. The van der Waals surface area contributed by atoms with E-state index in [1.165, 1.54) is 5.56 Å². The first-order valence-corrected chi connectivity index (χ1v) is 8.89. The molecule has 4 nitrogen and oxygen atoms in total. The van der Waals surface area contributed by atoms with Gasteiger partial charge in [0.15, 0.2) is 0 Å². The van der Waals surface area contributed by atoms with Crippen LogP contribution in [0.4, 0.5) is 0 Å². The van der Waals surface area contributed by atoms with E-state index in [1.54, 1.807) is 7.11 Å².